The van der Waals surface area contributed by atoms with Gasteiger partial charge in [0, 0.05) is 19.8 Å². The number of carbonyl (C=O) groups excluding carboxylic acids is 2. The largest absolute Gasteiger partial charge is 0.383 e. The molecule has 0 bridgehead atoms. The highest BCUT2D eigenvalue weighted by Crippen LogP contribution is 2.22. The van der Waals surface area contributed by atoms with Gasteiger partial charge >= 0.3 is 11.9 Å². The van der Waals surface area contributed by atoms with Crippen LogP contribution in [0.4, 0.5) is 5.69 Å². The summed E-state index contributed by atoms with van der Waals surface area (Å²) in [6.45, 7) is 0. The molecule has 1 aromatic heterocycles. The maximum Gasteiger partial charge on any atom is 0.369 e. The SMILES string of the molecule is CN(C)c1ccc(-n2nnc3c2C(=O)OC3=O)cc1. The van der Waals surface area contributed by atoms with Crippen LogP contribution in [0, 0.1) is 0 Å². The predicted molar refractivity (Wildman–Crippen MR) is 65.4 cm³/mol. The van der Waals surface area contributed by atoms with Gasteiger partial charge in [-0.05, 0) is 24.3 Å². The molecule has 96 valence electrons. The van der Waals surface area contributed by atoms with E-state index in [1.165, 1.54) is 4.68 Å². The van der Waals surface area contributed by atoms with E-state index in [-0.39, 0.29) is 11.4 Å². The average Bonchev–Trinajstić information content (AvgIpc) is 2.93. The van der Waals surface area contributed by atoms with Gasteiger partial charge in [0.1, 0.15) is 0 Å². The predicted octanol–water partition coefficient (Wildman–Crippen LogP) is 0.644. The fourth-order valence-corrected chi connectivity index (χ4v) is 1.86. The maximum atomic E-state index is 11.6. The Balaban J connectivity index is 2.07. The van der Waals surface area contributed by atoms with Crippen LogP contribution in [0.5, 0.6) is 0 Å². The van der Waals surface area contributed by atoms with Crippen molar-refractivity contribution in [2.75, 3.05) is 19.0 Å². The number of carbonyl (C=O) groups is 2. The number of esters is 2. The van der Waals surface area contributed by atoms with E-state index in [0.29, 0.717) is 5.69 Å². The summed E-state index contributed by atoms with van der Waals surface area (Å²) in [5, 5.41) is 7.48. The third kappa shape index (κ3) is 1.67. The zero-order chi connectivity index (χ0) is 13.6. The molecular formula is C12H10N4O3. The van der Waals surface area contributed by atoms with Crippen molar-refractivity contribution in [3.8, 4) is 5.69 Å². The highest BCUT2D eigenvalue weighted by atomic mass is 16.6. The summed E-state index contributed by atoms with van der Waals surface area (Å²) in [5.74, 6) is -1.47. The number of cyclic esters (lactones) is 2. The Labute approximate surface area is 108 Å². The lowest BCUT2D eigenvalue weighted by Gasteiger charge is -2.12. The van der Waals surface area contributed by atoms with E-state index in [9.17, 15) is 9.59 Å². The molecule has 0 radical (unpaired) electrons. The first-order valence-electron chi connectivity index (χ1n) is 5.58. The van der Waals surface area contributed by atoms with Crippen LogP contribution >= 0.6 is 0 Å². The molecular weight excluding hydrogens is 248 g/mol. The van der Waals surface area contributed by atoms with Crippen LogP contribution in [0.25, 0.3) is 5.69 Å². The van der Waals surface area contributed by atoms with Gasteiger partial charge in [0.25, 0.3) is 0 Å². The Bertz CT molecular complexity index is 673. The molecule has 3 rings (SSSR count). The molecule has 0 amide bonds. The number of anilines is 1. The van der Waals surface area contributed by atoms with Crippen molar-refractivity contribution < 1.29 is 14.3 Å². The van der Waals surface area contributed by atoms with E-state index in [1.54, 1.807) is 12.1 Å². The van der Waals surface area contributed by atoms with Crippen LogP contribution in [-0.4, -0.2) is 41.0 Å². The minimum absolute atomic E-state index is 0.0401. The van der Waals surface area contributed by atoms with Crippen molar-refractivity contribution in [1.82, 2.24) is 15.0 Å². The quantitative estimate of drug-likeness (QED) is 0.581. The van der Waals surface area contributed by atoms with E-state index >= 15 is 0 Å². The summed E-state index contributed by atoms with van der Waals surface area (Å²) in [4.78, 5) is 24.8. The third-order valence-electron chi connectivity index (χ3n) is 2.85. The van der Waals surface area contributed by atoms with E-state index < -0.39 is 11.9 Å². The lowest BCUT2D eigenvalue weighted by atomic mass is 10.2. The number of aromatic nitrogens is 3. The lowest BCUT2D eigenvalue weighted by molar-refractivity contribution is 0.0434. The number of nitrogens with zero attached hydrogens (tertiary/aromatic N) is 4. The van der Waals surface area contributed by atoms with Gasteiger partial charge in [-0.2, -0.15) is 0 Å². The number of ether oxygens (including phenoxy) is 1. The van der Waals surface area contributed by atoms with E-state index in [1.807, 2.05) is 31.1 Å². The fraction of sp³-hybridized carbons (Fsp3) is 0.167. The van der Waals surface area contributed by atoms with Crippen molar-refractivity contribution in [1.29, 1.82) is 0 Å². The molecule has 0 spiro atoms. The Hall–Kier alpha value is -2.70. The molecule has 0 atom stereocenters. The first-order chi connectivity index (χ1) is 9.08. The first kappa shape index (κ1) is 11.4. The van der Waals surface area contributed by atoms with E-state index in [2.05, 4.69) is 15.0 Å². The van der Waals surface area contributed by atoms with Crippen molar-refractivity contribution in [2.24, 2.45) is 0 Å². The van der Waals surface area contributed by atoms with Gasteiger partial charge in [0.05, 0.1) is 5.69 Å². The minimum atomic E-state index is -0.754. The van der Waals surface area contributed by atoms with Crippen LogP contribution < -0.4 is 4.90 Å². The summed E-state index contributed by atoms with van der Waals surface area (Å²) in [5.41, 5.74) is 1.69. The van der Waals surface area contributed by atoms with Crippen molar-refractivity contribution in [3.63, 3.8) is 0 Å². The van der Waals surface area contributed by atoms with E-state index in [4.69, 9.17) is 0 Å². The zero-order valence-electron chi connectivity index (χ0n) is 10.3. The molecule has 0 fully saturated rings. The normalized spacial score (nSPS) is 13.4. The van der Waals surface area contributed by atoms with Gasteiger partial charge in [0.15, 0.2) is 5.69 Å². The molecule has 7 heteroatoms. The second-order valence-electron chi connectivity index (χ2n) is 4.29. The number of hydrogen-bond donors (Lipinski definition) is 0. The molecule has 2 heterocycles. The zero-order valence-corrected chi connectivity index (χ0v) is 10.3. The van der Waals surface area contributed by atoms with Crippen molar-refractivity contribution in [2.45, 2.75) is 0 Å². The monoisotopic (exact) mass is 258 g/mol. The molecule has 0 saturated carbocycles. The molecule has 0 saturated heterocycles. The van der Waals surface area contributed by atoms with E-state index in [0.717, 1.165) is 5.69 Å². The molecule has 1 aliphatic heterocycles. The summed E-state index contributed by atoms with van der Waals surface area (Å²) < 4.78 is 5.79. The summed E-state index contributed by atoms with van der Waals surface area (Å²) in [6.07, 6.45) is 0. The lowest BCUT2D eigenvalue weighted by Crippen LogP contribution is -2.10. The Morgan fingerprint density at radius 3 is 2.42 bits per heavy atom. The minimum Gasteiger partial charge on any atom is -0.383 e. The topological polar surface area (TPSA) is 77.3 Å². The smallest absolute Gasteiger partial charge is 0.369 e. The molecule has 0 unspecified atom stereocenters. The molecule has 1 aliphatic rings. The summed E-state index contributed by atoms with van der Waals surface area (Å²) in [7, 11) is 3.86. The Morgan fingerprint density at radius 2 is 1.79 bits per heavy atom. The summed E-state index contributed by atoms with van der Waals surface area (Å²) in [6, 6.07) is 7.35. The number of hydrogen-bond acceptors (Lipinski definition) is 6. The molecule has 19 heavy (non-hydrogen) atoms. The van der Waals surface area contributed by atoms with Gasteiger partial charge in [0.2, 0.25) is 5.69 Å². The number of rotatable bonds is 2. The molecule has 0 N–H and O–H groups in total. The summed E-state index contributed by atoms with van der Waals surface area (Å²) >= 11 is 0. The highest BCUT2D eigenvalue weighted by molar-refractivity contribution is 6.12. The van der Waals surface area contributed by atoms with Crippen LogP contribution in [0.3, 0.4) is 0 Å². The molecule has 1 aromatic carbocycles. The number of benzene rings is 1. The van der Waals surface area contributed by atoms with Crippen molar-refractivity contribution in [3.05, 3.63) is 35.7 Å². The molecule has 2 aromatic rings. The van der Waals surface area contributed by atoms with Gasteiger partial charge in [-0.25, -0.2) is 14.3 Å². The van der Waals surface area contributed by atoms with Gasteiger partial charge in [-0.1, -0.05) is 5.21 Å². The standard InChI is InChI=1S/C12H10N4O3/c1-15(2)7-3-5-8(6-4-7)16-10-9(13-14-16)11(17)19-12(10)18/h3-6H,1-2H3. The Kier molecular flexibility index (Phi) is 2.34. The third-order valence-corrected chi connectivity index (χ3v) is 2.85. The maximum absolute atomic E-state index is 11.6. The van der Waals surface area contributed by atoms with Crippen LogP contribution in [0.1, 0.15) is 21.0 Å². The Morgan fingerprint density at radius 1 is 1.11 bits per heavy atom. The number of fused-ring (bicyclic) bond motifs is 1. The van der Waals surface area contributed by atoms with Gasteiger partial charge in [-0.15, -0.1) is 5.10 Å². The molecule has 7 nitrogen and oxygen atoms in total. The first-order valence-corrected chi connectivity index (χ1v) is 5.58. The highest BCUT2D eigenvalue weighted by Gasteiger charge is 2.37. The van der Waals surface area contributed by atoms with Crippen LogP contribution in [0.15, 0.2) is 24.3 Å². The van der Waals surface area contributed by atoms with Crippen molar-refractivity contribution >= 4 is 17.6 Å². The van der Waals surface area contributed by atoms with Gasteiger partial charge in [-0.3, -0.25) is 0 Å². The van der Waals surface area contributed by atoms with Gasteiger partial charge < -0.3 is 9.64 Å². The van der Waals surface area contributed by atoms with Crippen LogP contribution in [0.2, 0.25) is 0 Å². The van der Waals surface area contributed by atoms with Crippen LogP contribution in [-0.2, 0) is 4.74 Å². The second kappa shape index (κ2) is 3.91. The second-order valence-corrected chi connectivity index (χ2v) is 4.29. The average molecular weight is 258 g/mol. The molecule has 0 aliphatic carbocycles. The fourth-order valence-electron chi connectivity index (χ4n) is 1.86.